The lowest BCUT2D eigenvalue weighted by Gasteiger charge is -2.37. The highest BCUT2D eigenvalue weighted by Gasteiger charge is 2.54. The molecule has 2 aliphatic carbocycles. The van der Waals surface area contributed by atoms with Crippen LogP contribution in [-0.2, 0) is 4.79 Å². The van der Waals surface area contributed by atoms with Gasteiger partial charge in [0, 0.05) is 23.7 Å². The number of amides is 1. The number of aliphatic hydroxyl groups is 1. The minimum absolute atomic E-state index is 0.0431. The summed E-state index contributed by atoms with van der Waals surface area (Å²) in [5, 5.41) is 26.4. The van der Waals surface area contributed by atoms with E-state index in [4.69, 9.17) is 4.74 Å². The minimum atomic E-state index is -4.64. The van der Waals surface area contributed by atoms with Gasteiger partial charge < -0.3 is 15.2 Å². The van der Waals surface area contributed by atoms with Crippen molar-refractivity contribution in [2.24, 2.45) is 11.8 Å². The van der Waals surface area contributed by atoms with Crippen molar-refractivity contribution in [3.63, 3.8) is 0 Å². The van der Waals surface area contributed by atoms with Crippen molar-refractivity contribution in [1.82, 2.24) is 14.6 Å². The van der Waals surface area contributed by atoms with Crippen LogP contribution in [0.4, 0.5) is 19.0 Å². The van der Waals surface area contributed by atoms with Gasteiger partial charge in [0.1, 0.15) is 17.5 Å². The maximum atomic E-state index is 13.1. The molecule has 3 heterocycles. The third-order valence-electron chi connectivity index (χ3n) is 6.89. The van der Waals surface area contributed by atoms with Crippen molar-refractivity contribution in [2.45, 2.75) is 50.3 Å². The Kier molecular flexibility index (Phi) is 6.08. The first-order chi connectivity index (χ1) is 17.1. The van der Waals surface area contributed by atoms with Crippen LogP contribution in [-0.4, -0.2) is 44.0 Å². The smallest absolute Gasteiger partial charge is 0.417 e. The van der Waals surface area contributed by atoms with E-state index < -0.39 is 11.8 Å². The average molecular weight is 499 g/mol. The molecule has 2 fully saturated rings. The van der Waals surface area contributed by atoms with E-state index in [-0.39, 0.29) is 55.7 Å². The molecule has 1 amide bonds. The van der Waals surface area contributed by atoms with Crippen LogP contribution in [0.2, 0.25) is 0 Å². The van der Waals surface area contributed by atoms with E-state index in [1.54, 1.807) is 28.9 Å². The summed E-state index contributed by atoms with van der Waals surface area (Å²) in [6, 6.07) is 8.98. The van der Waals surface area contributed by atoms with E-state index in [1.165, 1.54) is 6.20 Å². The summed E-state index contributed by atoms with van der Waals surface area (Å²) in [4.78, 5) is 16.1. The molecule has 5 rings (SSSR count). The molecule has 2 aliphatic rings. The number of nitriles is 1. The monoisotopic (exact) mass is 499 g/mol. The van der Waals surface area contributed by atoms with E-state index >= 15 is 0 Å². The molecule has 0 saturated heterocycles. The zero-order valence-electron chi connectivity index (χ0n) is 19.3. The molecule has 0 aliphatic heterocycles. The van der Waals surface area contributed by atoms with Crippen molar-refractivity contribution in [3.05, 3.63) is 42.4 Å². The third kappa shape index (κ3) is 4.86. The second-order valence-corrected chi connectivity index (χ2v) is 9.54. The van der Waals surface area contributed by atoms with Crippen LogP contribution in [0.5, 0.6) is 5.75 Å². The number of pyridine rings is 2. The minimum Gasteiger partial charge on any atom is -0.491 e. The van der Waals surface area contributed by atoms with Crippen molar-refractivity contribution in [3.8, 4) is 22.9 Å². The largest absolute Gasteiger partial charge is 0.491 e. The molecule has 2 N–H and O–H groups in total. The van der Waals surface area contributed by atoms with Gasteiger partial charge in [-0.05, 0) is 68.2 Å². The Morgan fingerprint density at radius 3 is 2.67 bits per heavy atom. The number of fused-ring (bicyclic) bond motifs is 1. The van der Waals surface area contributed by atoms with Crippen LogP contribution >= 0.6 is 0 Å². The number of alkyl halides is 3. The molecule has 0 atom stereocenters. The highest BCUT2D eigenvalue weighted by molar-refractivity contribution is 5.93. The Hall–Kier alpha value is -3.65. The summed E-state index contributed by atoms with van der Waals surface area (Å²) >= 11 is 0. The molecule has 0 radical (unpaired) electrons. The Morgan fingerprint density at radius 1 is 1.25 bits per heavy atom. The fourth-order valence-corrected chi connectivity index (χ4v) is 4.45. The van der Waals surface area contributed by atoms with E-state index in [1.807, 2.05) is 12.1 Å². The van der Waals surface area contributed by atoms with Crippen molar-refractivity contribution < 1.29 is 27.8 Å². The summed E-state index contributed by atoms with van der Waals surface area (Å²) < 4.78 is 46.9. The van der Waals surface area contributed by atoms with Gasteiger partial charge in [0.2, 0.25) is 5.91 Å². The number of hydrogen-bond donors (Lipinski definition) is 2. The molecule has 0 spiro atoms. The molecule has 0 bridgehead atoms. The lowest BCUT2D eigenvalue weighted by molar-refractivity contribution is -0.272. The standard InChI is InChI=1S/C25H24F3N5O3/c26-25(27,28)24(35)6-3-15(4-7-24)14-36-21-13-30-18(12-29)10-20(21)17-5-8-33-19(9-17)11-22(32-33)31-23(34)16-1-2-16/h5,8-11,13,15-16,35H,1-4,6-7,14H2,(H,31,32,34). The highest BCUT2D eigenvalue weighted by Crippen LogP contribution is 2.43. The van der Waals surface area contributed by atoms with E-state index in [9.17, 15) is 28.3 Å². The lowest BCUT2D eigenvalue weighted by Crippen LogP contribution is -2.48. The van der Waals surface area contributed by atoms with Crippen molar-refractivity contribution in [2.75, 3.05) is 11.9 Å². The summed E-state index contributed by atoms with van der Waals surface area (Å²) in [6.45, 7) is 0.167. The number of ether oxygens (including phenoxy) is 1. The Morgan fingerprint density at radius 2 is 2.00 bits per heavy atom. The van der Waals surface area contributed by atoms with Gasteiger partial charge in [0.25, 0.3) is 0 Å². The van der Waals surface area contributed by atoms with Crippen molar-refractivity contribution >= 4 is 17.2 Å². The zero-order valence-corrected chi connectivity index (χ0v) is 19.3. The maximum Gasteiger partial charge on any atom is 0.417 e. The summed E-state index contributed by atoms with van der Waals surface area (Å²) in [5.41, 5.74) is -0.389. The topological polar surface area (TPSA) is 113 Å². The molecule has 188 valence electrons. The Bertz CT molecular complexity index is 1330. The van der Waals surface area contributed by atoms with Gasteiger partial charge in [0.05, 0.1) is 18.3 Å². The van der Waals surface area contributed by atoms with Crippen LogP contribution in [0.1, 0.15) is 44.2 Å². The van der Waals surface area contributed by atoms with Gasteiger partial charge in [-0.15, -0.1) is 0 Å². The fraction of sp³-hybridized carbons (Fsp3) is 0.440. The quantitative estimate of drug-likeness (QED) is 0.517. The Balaban J connectivity index is 1.33. The van der Waals surface area contributed by atoms with E-state index in [0.717, 1.165) is 23.9 Å². The fourth-order valence-electron chi connectivity index (χ4n) is 4.45. The van der Waals surface area contributed by atoms with Gasteiger partial charge in [-0.2, -0.15) is 23.5 Å². The predicted octanol–water partition coefficient (Wildman–Crippen LogP) is 4.48. The van der Waals surface area contributed by atoms with Crippen LogP contribution in [0, 0.1) is 23.2 Å². The molecule has 3 aromatic rings. The first kappa shape index (κ1) is 24.1. The van der Waals surface area contributed by atoms with Crippen LogP contribution < -0.4 is 10.1 Å². The predicted molar refractivity (Wildman–Crippen MR) is 123 cm³/mol. The number of nitrogens with zero attached hydrogens (tertiary/aromatic N) is 4. The Labute approximate surface area is 204 Å². The molecular weight excluding hydrogens is 475 g/mol. The number of carbonyl (C=O) groups is 1. The molecule has 8 nitrogen and oxygen atoms in total. The summed E-state index contributed by atoms with van der Waals surface area (Å²) in [5.74, 6) is 0.711. The molecule has 11 heteroatoms. The first-order valence-corrected chi connectivity index (χ1v) is 11.8. The normalized spacial score (nSPS) is 22.2. The molecule has 0 unspecified atom stereocenters. The maximum absolute atomic E-state index is 13.1. The van der Waals surface area contributed by atoms with Gasteiger partial charge in [-0.25, -0.2) is 9.50 Å². The highest BCUT2D eigenvalue weighted by atomic mass is 19.4. The van der Waals surface area contributed by atoms with Gasteiger partial charge >= 0.3 is 6.18 Å². The second kappa shape index (κ2) is 9.09. The van der Waals surface area contributed by atoms with Gasteiger partial charge in [-0.3, -0.25) is 4.79 Å². The number of rotatable bonds is 6. The van der Waals surface area contributed by atoms with Crippen LogP contribution in [0.3, 0.4) is 0 Å². The molecule has 3 aromatic heterocycles. The number of aromatic nitrogens is 3. The zero-order chi connectivity index (χ0) is 25.5. The summed E-state index contributed by atoms with van der Waals surface area (Å²) in [6.07, 6.45) is -0.0499. The number of nitrogens with one attached hydrogen (secondary N) is 1. The number of carbonyl (C=O) groups excluding carboxylic acids is 1. The second-order valence-electron chi connectivity index (χ2n) is 9.54. The summed E-state index contributed by atoms with van der Waals surface area (Å²) in [7, 11) is 0. The van der Waals surface area contributed by atoms with Crippen molar-refractivity contribution in [1.29, 1.82) is 5.26 Å². The number of hydrogen-bond acceptors (Lipinski definition) is 6. The molecular formula is C25H24F3N5O3. The average Bonchev–Trinajstić information content (AvgIpc) is 3.63. The molecule has 2 saturated carbocycles. The molecule has 0 aromatic carbocycles. The first-order valence-electron chi connectivity index (χ1n) is 11.8. The van der Waals surface area contributed by atoms with E-state index in [0.29, 0.717) is 17.1 Å². The van der Waals surface area contributed by atoms with Gasteiger partial charge in [0.15, 0.2) is 11.4 Å². The SMILES string of the molecule is N#Cc1cc(-c2ccn3nc(NC(=O)C4CC4)cc3c2)c(OCC2CCC(O)(C(F)(F)F)CC2)cn1. The lowest BCUT2D eigenvalue weighted by atomic mass is 9.79. The van der Waals surface area contributed by atoms with Crippen LogP contribution in [0.15, 0.2) is 36.7 Å². The number of anilines is 1. The third-order valence-corrected chi connectivity index (χ3v) is 6.89. The van der Waals surface area contributed by atoms with Crippen LogP contribution in [0.25, 0.3) is 16.6 Å². The molecule has 36 heavy (non-hydrogen) atoms. The number of halogens is 3. The van der Waals surface area contributed by atoms with E-state index in [2.05, 4.69) is 15.4 Å². The van der Waals surface area contributed by atoms with Gasteiger partial charge in [-0.1, -0.05) is 0 Å².